The Kier molecular flexibility index (Phi) is 2.48. The molecule has 0 unspecified atom stereocenters. The molecule has 1 aliphatic carbocycles. The van der Waals surface area contributed by atoms with Crippen LogP contribution in [0.1, 0.15) is 38.3 Å². The fraction of sp³-hybridized carbons (Fsp3) is 0.471. The Morgan fingerprint density at radius 1 is 1.17 bits per heavy atom. The lowest BCUT2D eigenvalue weighted by atomic mass is 9.81. The van der Waals surface area contributed by atoms with Crippen molar-refractivity contribution < 1.29 is 4.58 Å². The highest BCUT2D eigenvalue weighted by molar-refractivity contribution is 6.04. The van der Waals surface area contributed by atoms with Gasteiger partial charge in [-0.3, -0.25) is 0 Å². The molecule has 1 aromatic carbocycles. The standard InChI is InChI=1S/C17H22N/c1-12-14(9-10-18(12)4)16-15-8-6-5-7-13(15)11-17(16,2)3/h5-8H,9-11H2,1-4H3/q+1/b16-14-. The van der Waals surface area contributed by atoms with E-state index < -0.39 is 0 Å². The van der Waals surface area contributed by atoms with Crippen LogP contribution in [0.3, 0.4) is 0 Å². The summed E-state index contributed by atoms with van der Waals surface area (Å²) >= 11 is 0. The summed E-state index contributed by atoms with van der Waals surface area (Å²) in [4.78, 5) is 0. The molecule has 0 bridgehead atoms. The first-order valence-electron chi connectivity index (χ1n) is 6.88. The van der Waals surface area contributed by atoms with E-state index >= 15 is 0 Å². The maximum absolute atomic E-state index is 2.39. The van der Waals surface area contributed by atoms with Crippen LogP contribution in [-0.4, -0.2) is 23.9 Å². The summed E-state index contributed by atoms with van der Waals surface area (Å²) in [7, 11) is 2.21. The molecule has 1 nitrogen and oxygen atoms in total. The minimum absolute atomic E-state index is 0.283. The van der Waals surface area contributed by atoms with Crippen LogP contribution >= 0.6 is 0 Å². The average molecular weight is 240 g/mol. The van der Waals surface area contributed by atoms with Gasteiger partial charge in [-0.1, -0.05) is 38.1 Å². The normalized spacial score (nSPS) is 25.8. The summed E-state index contributed by atoms with van der Waals surface area (Å²) in [6, 6.07) is 8.94. The molecule has 94 valence electrons. The third kappa shape index (κ3) is 1.57. The van der Waals surface area contributed by atoms with Gasteiger partial charge >= 0.3 is 0 Å². The summed E-state index contributed by atoms with van der Waals surface area (Å²) in [6.45, 7) is 8.22. The van der Waals surface area contributed by atoms with Gasteiger partial charge in [-0.05, 0) is 28.5 Å². The van der Waals surface area contributed by atoms with Gasteiger partial charge in [0.05, 0.1) is 0 Å². The molecule has 1 heteroatoms. The van der Waals surface area contributed by atoms with E-state index in [-0.39, 0.29) is 5.41 Å². The highest BCUT2D eigenvalue weighted by Crippen LogP contribution is 2.48. The molecular formula is C17H22N+. The lowest BCUT2D eigenvalue weighted by Gasteiger charge is -2.21. The SMILES string of the molecule is CC1=[N+](C)CC/C1=C1\c2ccccc2CC1(C)C. The topological polar surface area (TPSA) is 3.01 Å². The van der Waals surface area contributed by atoms with Gasteiger partial charge in [0, 0.05) is 18.9 Å². The maximum Gasteiger partial charge on any atom is 0.176 e. The Balaban J connectivity index is 2.26. The lowest BCUT2D eigenvalue weighted by Crippen LogP contribution is -2.14. The molecule has 18 heavy (non-hydrogen) atoms. The van der Waals surface area contributed by atoms with E-state index in [1.54, 1.807) is 11.1 Å². The molecule has 0 amide bonds. The first-order chi connectivity index (χ1) is 8.50. The Bertz CT molecular complexity index is 573. The van der Waals surface area contributed by atoms with Crippen molar-refractivity contribution >= 4 is 11.3 Å². The smallest absolute Gasteiger partial charge is 0.176 e. The minimum atomic E-state index is 0.283. The highest BCUT2D eigenvalue weighted by Gasteiger charge is 2.38. The summed E-state index contributed by atoms with van der Waals surface area (Å²) < 4.78 is 2.39. The monoisotopic (exact) mass is 240 g/mol. The average Bonchev–Trinajstić information content (AvgIpc) is 2.76. The van der Waals surface area contributed by atoms with Gasteiger partial charge in [0.2, 0.25) is 0 Å². The first kappa shape index (κ1) is 11.7. The zero-order chi connectivity index (χ0) is 12.9. The Hall–Kier alpha value is -1.37. The molecule has 0 radical (unpaired) electrons. The number of rotatable bonds is 0. The molecule has 0 saturated heterocycles. The predicted molar refractivity (Wildman–Crippen MR) is 77.2 cm³/mol. The summed E-state index contributed by atoms with van der Waals surface area (Å²) in [6.07, 6.45) is 2.38. The number of allylic oxidation sites excluding steroid dienone is 1. The van der Waals surface area contributed by atoms with E-state index in [1.807, 2.05) is 0 Å². The molecular weight excluding hydrogens is 218 g/mol. The molecule has 1 aliphatic heterocycles. The zero-order valence-electron chi connectivity index (χ0n) is 11.9. The van der Waals surface area contributed by atoms with Crippen molar-refractivity contribution in [3.05, 3.63) is 41.0 Å². The lowest BCUT2D eigenvalue weighted by molar-refractivity contribution is -0.489. The van der Waals surface area contributed by atoms with Gasteiger partial charge in [-0.25, -0.2) is 4.58 Å². The molecule has 2 aliphatic rings. The van der Waals surface area contributed by atoms with Crippen LogP contribution in [0.5, 0.6) is 0 Å². The fourth-order valence-corrected chi connectivity index (χ4v) is 3.58. The molecule has 1 heterocycles. The van der Waals surface area contributed by atoms with Gasteiger partial charge in [0.25, 0.3) is 0 Å². The Morgan fingerprint density at radius 3 is 2.56 bits per heavy atom. The van der Waals surface area contributed by atoms with Crippen LogP contribution in [0, 0.1) is 5.41 Å². The van der Waals surface area contributed by atoms with Crippen LogP contribution in [0.25, 0.3) is 5.57 Å². The van der Waals surface area contributed by atoms with Gasteiger partial charge in [-0.2, -0.15) is 0 Å². The maximum atomic E-state index is 2.39. The van der Waals surface area contributed by atoms with E-state index in [2.05, 4.69) is 56.7 Å². The second-order valence-corrected chi connectivity index (χ2v) is 6.33. The van der Waals surface area contributed by atoms with Crippen LogP contribution in [0.4, 0.5) is 0 Å². The van der Waals surface area contributed by atoms with Crippen LogP contribution in [0.15, 0.2) is 29.8 Å². The molecule has 0 N–H and O–H groups in total. The zero-order valence-corrected chi connectivity index (χ0v) is 11.9. The minimum Gasteiger partial charge on any atom is -0.236 e. The van der Waals surface area contributed by atoms with E-state index in [4.69, 9.17) is 0 Å². The number of nitrogens with zero attached hydrogens (tertiary/aromatic N) is 1. The van der Waals surface area contributed by atoms with Gasteiger partial charge in [0.15, 0.2) is 5.71 Å². The van der Waals surface area contributed by atoms with Crippen LogP contribution in [0.2, 0.25) is 0 Å². The van der Waals surface area contributed by atoms with Crippen molar-refractivity contribution in [2.45, 2.75) is 33.6 Å². The van der Waals surface area contributed by atoms with Crippen molar-refractivity contribution in [2.75, 3.05) is 13.6 Å². The second-order valence-electron chi connectivity index (χ2n) is 6.33. The van der Waals surface area contributed by atoms with E-state index in [0.29, 0.717) is 0 Å². The fourth-order valence-electron chi connectivity index (χ4n) is 3.58. The molecule has 0 fully saturated rings. The Labute approximate surface area is 110 Å². The van der Waals surface area contributed by atoms with Gasteiger partial charge in [0.1, 0.15) is 13.6 Å². The second kappa shape index (κ2) is 3.81. The van der Waals surface area contributed by atoms with Crippen molar-refractivity contribution in [1.29, 1.82) is 0 Å². The number of fused-ring (bicyclic) bond motifs is 1. The quantitative estimate of drug-likeness (QED) is 0.610. The molecule has 0 spiro atoms. The van der Waals surface area contributed by atoms with E-state index in [1.165, 1.54) is 36.2 Å². The molecule has 0 atom stereocenters. The molecule has 3 rings (SSSR count). The molecule has 0 saturated carbocycles. The summed E-state index contributed by atoms with van der Waals surface area (Å²) in [5, 5.41) is 0. The number of hydrogen-bond acceptors (Lipinski definition) is 0. The van der Waals surface area contributed by atoms with Crippen molar-refractivity contribution in [3.8, 4) is 0 Å². The first-order valence-corrected chi connectivity index (χ1v) is 6.88. The molecule has 0 aromatic heterocycles. The molecule has 1 aromatic rings. The van der Waals surface area contributed by atoms with Crippen molar-refractivity contribution in [3.63, 3.8) is 0 Å². The third-order valence-corrected chi connectivity index (χ3v) is 4.60. The van der Waals surface area contributed by atoms with Gasteiger partial charge in [-0.15, -0.1) is 0 Å². The highest BCUT2D eigenvalue weighted by atomic mass is 15.0. The van der Waals surface area contributed by atoms with Crippen LogP contribution < -0.4 is 0 Å². The van der Waals surface area contributed by atoms with Crippen molar-refractivity contribution in [1.82, 2.24) is 0 Å². The number of benzene rings is 1. The Morgan fingerprint density at radius 2 is 1.89 bits per heavy atom. The van der Waals surface area contributed by atoms with E-state index in [0.717, 1.165) is 0 Å². The van der Waals surface area contributed by atoms with Crippen molar-refractivity contribution in [2.24, 2.45) is 5.41 Å². The van der Waals surface area contributed by atoms with Gasteiger partial charge < -0.3 is 0 Å². The summed E-state index contributed by atoms with van der Waals surface area (Å²) in [5.41, 5.74) is 7.95. The summed E-state index contributed by atoms with van der Waals surface area (Å²) in [5.74, 6) is 0. The largest absolute Gasteiger partial charge is 0.236 e. The third-order valence-electron chi connectivity index (χ3n) is 4.60. The van der Waals surface area contributed by atoms with Crippen LogP contribution in [-0.2, 0) is 6.42 Å². The number of hydrogen-bond donors (Lipinski definition) is 0. The van der Waals surface area contributed by atoms with E-state index in [9.17, 15) is 0 Å². The predicted octanol–water partition coefficient (Wildman–Crippen LogP) is 3.53.